The molecule has 0 radical (unpaired) electrons. The summed E-state index contributed by atoms with van der Waals surface area (Å²) in [5, 5.41) is 36.7. The Hall–Kier alpha value is -3.40. The number of aromatic hydroxyl groups is 1. The Bertz CT molecular complexity index is 848. The van der Waals surface area contributed by atoms with E-state index in [0.717, 1.165) is 16.5 Å². The number of H-pyrrole nitrogens is 1. The van der Waals surface area contributed by atoms with Gasteiger partial charge >= 0.3 is 0 Å². The highest BCUT2D eigenvalue weighted by atomic mass is 16.3. The number of nitriles is 1. The van der Waals surface area contributed by atoms with Crippen LogP contribution in [0.15, 0.2) is 42.6 Å². The minimum Gasteiger partial charge on any atom is -0.508 e. The van der Waals surface area contributed by atoms with Crippen LogP contribution in [0.1, 0.15) is 5.82 Å². The smallest absolute Gasteiger partial charge is 0.216 e. The number of benzene rings is 2. The molecule has 7 nitrogen and oxygen atoms in total. The van der Waals surface area contributed by atoms with Crippen molar-refractivity contribution in [1.82, 2.24) is 20.6 Å². The van der Waals surface area contributed by atoms with Gasteiger partial charge < -0.3 is 10.4 Å². The first-order valence-electron chi connectivity index (χ1n) is 6.10. The van der Waals surface area contributed by atoms with Crippen LogP contribution in [-0.4, -0.2) is 25.7 Å². The van der Waals surface area contributed by atoms with Gasteiger partial charge in [-0.2, -0.15) is 10.5 Å². The van der Waals surface area contributed by atoms with Crippen molar-refractivity contribution in [2.45, 2.75) is 0 Å². The van der Waals surface area contributed by atoms with E-state index in [-0.39, 0.29) is 17.1 Å². The molecular weight excluding hydrogens is 268 g/mol. The number of hydrogen-bond acceptors (Lipinski definition) is 6. The summed E-state index contributed by atoms with van der Waals surface area (Å²) in [6.07, 6.45) is 1.52. The largest absolute Gasteiger partial charge is 0.508 e. The second-order valence-corrected chi connectivity index (χ2v) is 4.26. The summed E-state index contributed by atoms with van der Waals surface area (Å²) in [6.45, 7) is 0. The topological polar surface area (TPSA) is 111 Å². The van der Waals surface area contributed by atoms with Gasteiger partial charge in [0.1, 0.15) is 17.4 Å². The molecule has 102 valence electrons. The molecule has 0 aliphatic heterocycles. The molecule has 0 aliphatic carbocycles. The average molecular weight is 278 g/mol. The van der Waals surface area contributed by atoms with Gasteiger partial charge in [0.15, 0.2) is 0 Å². The number of rotatable bonds is 3. The number of allylic oxidation sites excluding steroid dienone is 1. The lowest BCUT2D eigenvalue weighted by Gasteiger charge is -2.06. The van der Waals surface area contributed by atoms with Gasteiger partial charge in [0, 0.05) is 17.3 Å². The summed E-state index contributed by atoms with van der Waals surface area (Å²) in [4.78, 5) is 0. The zero-order valence-corrected chi connectivity index (χ0v) is 10.8. The van der Waals surface area contributed by atoms with Crippen molar-refractivity contribution in [3.05, 3.63) is 48.4 Å². The van der Waals surface area contributed by atoms with Gasteiger partial charge in [0.25, 0.3) is 0 Å². The van der Waals surface area contributed by atoms with Gasteiger partial charge in [-0.1, -0.05) is 12.1 Å². The van der Waals surface area contributed by atoms with Crippen molar-refractivity contribution in [2.24, 2.45) is 0 Å². The Labute approximate surface area is 119 Å². The van der Waals surface area contributed by atoms with Crippen molar-refractivity contribution < 1.29 is 5.11 Å². The normalized spacial score (nSPS) is 11.3. The molecule has 3 aromatic rings. The van der Waals surface area contributed by atoms with E-state index < -0.39 is 0 Å². The summed E-state index contributed by atoms with van der Waals surface area (Å²) in [5.41, 5.74) is 1.07. The average Bonchev–Trinajstić information content (AvgIpc) is 3.02. The molecule has 0 fully saturated rings. The van der Waals surface area contributed by atoms with Gasteiger partial charge in [-0.25, -0.2) is 0 Å². The van der Waals surface area contributed by atoms with Crippen LogP contribution in [0.4, 0.5) is 5.69 Å². The fourth-order valence-electron chi connectivity index (χ4n) is 1.97. The number of phenolic OH excluding ortho intramolecular Hbond substituents is 1. The van der Waals surface area contributed by atoms with Gasteiger partial charge in [0.2, 0.25) is 5.82 Å². The third-order valence-electron chi connectivity index (χ3n) is 2.94. The van der Waals surface area contributed by atoms with E-state index in [0.29, 0.717) is 0 Å². The molecule has 0 spiro atoms. The van der Waals surface area contributed by atoms with E-state index in [1.54, 1.807) is 18.2 Å². The number of anilines is 1. The maximum absolute atomic E-state index is 9.50. The number of hydrogen-bond donors (Lipinski definition) is 3. The summed E-state index contributed by atoms with van der Waals surface area (Å²) in [5.74, 6) is 0.433. The molecule has 21 heavy (non-hydrogen) atoms. The molecule has 0 aliphatic rings. The lowest BCUT2D eigenvalue weighted by molar-refractivity contribution is 0.476. The number of phenols is 1. The monoisotopic (exact) mass is 278 g/mol. The summed E-state index contributed by atoms with van der Waals surface area (Å²) < 4.78 is 0. The number of fused-ring (bicyclic) bond motifs is 1. The molecule has 0 bridgehead atoms. The predicted octanol–water partition coefficient (Wildman–Crippen LogP) is 2.04. The predicted molar refractivity (Wildman–Crippen MR) is 77.0 cm³/mol. The van der Waals surface area contributed by atoms with Crippen LogP contribution in [0, 0.1) is 11.3 Å². The molecule has 1 heterocycles. The van der Waals surface area contributed by atoms with Gasteiger partial charge in [-0.3, -0.25) is 0 Å². The van der Waals surface area contributed by atoms with Gasteiger partial charge in [0.05, 0.1) is 0 Å². The maximum Gasteiger partial charge on any atom is 0.216 e. The Kier molecular flexibility index (Phi) is 3.19. The van der Waals surface area contributed by atoms with E-state index in [1.165, 1.54) is 6.20 Å². The van der Waals surface area contributed by atoms with Gasteiger partial charge in [-0.15, -0.1) is 10.2 Å². The lowest BCUT2D eigenvalue weighted by Crippen LogP contribution is -1.93. The minimum atomic E-state index is 0.208. The zero-order valence-electron chi connectivity index (χ0n) is 10.8. The standard InChI is InChI=1S/C14H10N6O/c15-7-10(14-17-19-20-18-14)8-16-13-3-1-2-9-6-11(21)4-5-12(9)13/h1-6,8,16,21H,(H,17,18,19,20). The maximum atomic E-state index is 9.50. The number of aromatic amines is 1. The van der Waals surface area contributed by atoms with Crippen LogP contribution >= 0.6 is 0 Å². The van der Waals surface area contributed by atoms with E-state index in [2.05, 4.69) is 25.9 Å². The first kappa shape index (κ1) is 12.6. The molecule has 0 amide bonds. The first-order valence-corrected chi connectivity index (χ1v) is 6.10. The Balaban J connectivity index is 1.97. The number of nitrogens with one attached hydrogen (secondary N) is 2. The third kappa shape index (κ3) is 2.50. The molecule has 7 heteroatoms. The van der Waals surface area contributed by atoms with Crippen molar-refractivity contribution in [2.75, 3.05) is 5.32 Å². The molecule has 3 rings (SSSR count). The molecule has 2 aromatic carbocycles. The van der Waals surface area contributed by atoms with E-state index in [1.807, 2.05) is 24.3 Å². The second-order valence-electron chi connectivity index (χ2n) is 4.26. The van der Waals surface area contributed by atoms with Crippen LogP contribution in [-0.2, 0) is 0 Å². The van der Waals surface area contributed by atoms with Crippen LogP contribution in [0.3, 0.4) is 0 Å². The molecular formula is C14H10N6O. The number of nitrogens with zero attached hydrogens (tertiary/aromatic N) is 4. The second kappa shape index (κ2) is 5.30. The van der Waals surface area contributed by atoms with Crippen LogP contribution in [0.2, 0.25) is 0 Å². The molecule has 0 saturated heterocycles. The first-order chi connectivity index (χ1) is 10.3. The van der Waals surface area contributed by atoms with Gasteiger partial charge in [-0.05, 0) is 34.9 Å². The molecule has 0 atom stereocenters. The number of tetrazole rings is 1. The Morgan fingerprint density at radius 1 is 1.33 bits per heavy atom. The fourth-order valence-corrected chi connectivity index (χ4v) is 1.97. The molecule has 3 N–H and O–H groups in total. The summed E-state index contributed by atoms with van der Waals surface area (Å²) in [7, 11) is 0. The van der Waals surface area contributed by atoms with Crippen LogP contribution < -0.4 is 5.32 Å². The quantitative estimate of drug-likeness (QED) is 0.632. The Morgan fingerprint density at radius 3 is 3.00 bits per heavy atom. The van der Waals surface area contributed by atoms with E-state index in [4.69, 9.17) is 5.26 Å². The highest BCUT2D eigenvalue weighted by Crippen LogP contribution is 2.26. The van der Waals surface area contributed by atoms with Crippen LogP contribution in [0.5, 0.6) is 5.75 Å². The molecule has 1 aromatic heterocycles. The highest BCUT2D eigenvalue weighted by Gasteiger charge is 2.06. The van der Waals surface area contributed by atoms with Crippen molar-refractivity contribution in [3.8, 4) is 11.8 Å². The zero-order chi connectivity index (χ0) is 14.7. The molecule has 0 unspecified atom stereocenters. The molecule has 0 saturated carbocycles. The van der Waals surface area contributed by atoms with Crippen molar-refractivity contribution in [3.63, 3.8) is 0 Å². The highest BCUT2D eigenvalue weighted by molar-refractivity contribution is 5.95. The Morgan fingerprint density at radius 2 is 2.24 bits per heavy atom. The van der Waals surface area contributed by atoms with E-state index in [9.17, 15) is 5.11 Å². The SMILES string of the molecule is N#CC(=CNc1cccc2cc(O)ccc12)c1nn[nH]n1. The minimum absolute atomic E-state index is 0.208. The third-order valence-corrected chi connectivity index (χ3v) is 2.94. The van der Waals surface area contributed by atoms with Crippen molar-refractivity contribution in [1.29, 1.82) is 5.26 Å². The number of aromatic nitrogens is 4. The summed E-state index contributed by atoms with van der Waals surface area (Å²) in [6, 6.07) is 12.7. The lowest BCUT2D eigenvalue weighted by atomic mass is 10.1. The van der Waals surface area contributed by atoms with Crippen molar-refractivity contribution >= 4 is 22.0 Å². The van der Waals surface area contributed by atoms with E-state index >= 15 is 0 Å². The van der Waals surface area contributed by atoms with Crippen LogP contribution in [0.25, 0.3) is 16.3 Å². The fraction of sp³-hybridized carbons (Fsp3) is 0. The summed E-state index contributed by atoms with van der Waals surface area (Å²) >= 11 is 0.